The fraction of sp³-hybridized carbons (Fsp3) is 0.0556. The van der Waals surface area contributed by atoms with Gasteiger partial charge in [0.25, 0.3) is 5.95 Å². The van der Waals surface area contributed by atoms with Gasteiger partial charge in [-0.25, -0.2) is 5.43 Å². The molecule has 0 radical (unpaired) electrons. The average Bonchev–Trinajstić information content (AvgIpc) is 2.67. The molecule has 0 aliphatic heterocycles. The van der Waals surface area contributed by atoms with Gasteiger partial charge < -0.3 is 10.2 Å². The summed E-state index contributed by atoms with van der Waals surface area (Å²) in [6, 6.07) is 13.2. The molecular weight excluding hydrogens is 346 g/mol. The van der Waals surface area contributed by atoms with Crippen molar-refractivity contribution in [3.63, 3.8) is 0 Å². The number of nitrogens with one attached hydrogen (secondary N) is 2. The number of aryl methyl sites for hydroxylation is 1. The number of phenols is 2. The van der Waals surface area contributed by atoms with E-state index in [2.05, 4.69) is 36.2 Å². The Morgan fingerprint density at radius 2 is 1.30 bits per heavy atom. The minimum absolute atomic E-state index is 0.190. The predicted molar refractivity (Wildman–Crippen MR) is 103 cm³/mol. The third-order valence-corrected chi connectivity index (χ3v) is 3.40. The van der Waals surface area contributed by atoms with Crippen LogP contribution in [0.1, 0.15) is 16.8 Å². The van der Waals surface area contributed by atoms with Crippen molar-refractivity contribution in [2.45, 2.75) is 6.92 Å². The number of nitrogens with zero attached hydrogens (tertiary/aromatic N) is 5. The standard InChI is InChI=1S/C18H17N7O2/c1-12-17(23-19-10-13-2-6-15(26)7-3-13)21-18(25-22-12)24-20-11-14-4-8-16(27)9-5-14/h2-11,26-27H,1H3,(H2,21,23,24,25)/b19-10+,20-11+. The van der Waals surface area contributed by atoms with Crippen molar-refractivity contribution in [1.29, 1.82) is 0 Å². The van der Waals surface area contributed by atoms with Crippen LogP contribution in [0, 0.1) is 6.92 Å². The van der Waals surface area contributed by atoms with Crippen LogP contribution in [0.15, 0.2) is 58.7 Å². The highest BCUT2D eigenvalue weighted by Crippen LogP contribution is 2.11. The van der Waals surface area contributed by atoms with Crippen molar-refractivity contribution in [3.8, 4) is 11.5 Å². The molecule has 0 saturated heterocycles. The summed E-state index contributed by atoms with van der Waals surface area (Å²) in [5, 5.41) is 34.6. The average molecular weight is 363 g/mol. The molecule has 2 aromatic carbocycles. The van der Waals surface area contributed by atoms with Gasteiger partial charge in [0, 0.05) is 0 Å². The van der Waals surface area contributed by atoms with Gasteiger partial charge in [-0.05, 0) is 66.6 Å². The highest BCUT2D eigenvalue weighted by atomic mass is 16.3. The summed E-state index contributed by atoms with van der Waals surface area (Å²) in [6.07, 6.45) is 3.16. The van der Waals surface area contributed by atoms with Crippen molar-refractivity contribution < 1.29 is 10.2 Å². The molecule has 0 aliphatic rings. The largest absolute Gasteiger partial charge is 0.508 e. The summed E-state index contributed by atoms with van der Waals surface area (Å²) < 4.78 is 0. The van der Waals surface area contributed by atoms with E-state index >= 15 is 0 Å². The Morgan fingerprint density at radius 1 is 0.778 bits per heavy atom. The molecule has 0 spiro atoms. The van der Waals surface area contributed by atoms with E-state index in [0.717, 1.165) is 11.1 Å². The van der Waals surface area contributed by atoms with Crippen molar-refractivity contribution in [1.82, 2.24) is 15.2 Å². The molecule has 0 atom stereocenters. The van der Waals surface area contributed by atoms with Gasteiger partial charge in [-0.1, -0.05) is 0 Å². The molecule has 0 saturated carbocycles. The van der Waals surface area contributed by atoms with E-state index < -0.39 is 0 Å². The third kappa shape index (κ3) is 5.23. The Labute approximate surface area is 155 Å². The normalized spacial score (nSPS) is 11.1. The molecule has 1 heterocycles. The van der Waals surface area contributed by atoms with Crippen LogP contribution in [-0.4, -0.2) is 37.8 Å². The maximum absolute atomic E-state index is 9.27. The first-order valence-corrected chi connectivity index (χ1v) is 7.98. The number of anilines is 2. The van der Waals surface area contributed by atoms with Crippen molar-refractivity contribution in [2.24, 2.45) is 10.2 Å². The molecule has 9 nitrogen and oxygen atoms in total. The number of aromatic nitrogens is 3. The first-order chi connectivity index (χ1) is 13.1. The molecule has 0 aliphatic carbocycles. The molecule has 1 aromatic heterocycles. The minimum Gasteiger partial charge on any atom is -0.508 e. The first kappa shape index (κ1) is 17.8. The lowest BCUT2D eigenvalue weighted by Gasteiger charge is -2.04. The minimum atomic E-state index is 0.190. The lowest BCUT2D eigenvalue weighted by atomic mass is 10.2. The van der Waals surface area contributed by atoms with Gasteiger partial charge in [0.15, 0.2) is 5.82 Å². The Bertz CT molecular complexity index is 954. The molecule has 9 heteroatoms. The van der Waals surface area contributed by atoms with E-state index in [1.807, 2.05) is 0 Å². The Morgan fingerprint density at radius 3 is 1.85 bits per heavy atom. The fourth-order valence-corrected chi connectivity index (χ4v) is 1.99. The highest BCUT2D eigenvalue weighted by molar-refractivity contribution is 5.80. The zero-order valence-electron chi connectivity index (χ0n) is 14.4. The van der Waals surface area contributed by atoms with Gasteiger partial charge >= 0.3 is 0 Å². The molecule has 0 unspecified atom stereocenters. The molecule has 0 bridgehead atoms. The Kier molecular flexibility index (Phi) is 5.53. The molecule has 3 rings (SSSR count). The van der Waals surface area contributed by atoms with Crippen LogP contribution in [0.4, 0.5) is 11.8 Å². The lowest BCUT2D eigenvalue weighted by molar-refractivity contribution is 0.475. The predicted octanol–water partition coefficient (Wildman–Crippen LogP) is 2.48. The summed E-state index contributed by atoms with van der Waals surface area (Å²) in [5.41, 5.74) is 7.69. The number of hydrogen-bond acceptors (Lipinski definition) is 9. The van der Waals surface area contributed by atoms with E-state index in [9.17, 15) is 10.2 Å². The van der Waals surface area contributed by atoms with Crippen LogP contribution >= 0.6 is 0 Å². The van der Waals surface area contributed by atoms with Crippen molar-refractivity contribution >= 4 is 24.2 Å². The summed E-state index contributed by atoms with van der Waals surface area (Å²) in [4.78, 5) is 4.26. The van der Waals surface area contributed by atoms with Crippen LogP contribution in [0.25, 0.3) is 0 Å². The molecule has 3 aromatic rings. The lowest BCUT2D eigenvalue weighted by Crippen LogP contribution is -2.05. The number of benzene rings is 2. The Hall–Kier alpha value is -4.01. The SMILES string of the molecule is Cc1nnc(N/N=C/c2ccc(O)cc2)nc1N/N=C/c1ccc(O)cc1. The second-order valence-electron chi connectivity index (χ2n) is 5.49. The van der Waals surface area contributed by atoms with Crippen LogP contribution < -0.4 is 10.9 Å². The van der Waals surface area contributed by atoms with Crippen molar-refractivity contribution in [3.05, 3.63) is 65.4 Å². The number of hydrazone groups is 2. The Balaban J connectivity index is 1.63. The van der Waals surface area contributed by atoms with Gasteiger partial charge in [0.05, 0.1) is 12.4 Å². The van der Waals surface area contributed by atoms with Gasteiger partial charge in [-0.3, -0.25) is 5.43 Å². The van der Waals surface area contributed by atoms with Gasteiger partial charge in [0.1, 0.15) is 17.2 Å². The highest BCUT2D eigenvalue weighted by Gasteiger charge is 2.04. The molecule has 0 fully saturated rings. The van der Waals surface area contributed by atoms with Crippen molar-refractivity contribution in [2.75, 3.05) is 10.9 Å². The van der Waals surface area contributed by atoms with E-state index in [4.69, 9.17) is 0 Å². The molecular formula is C18H17N7O2. The fourth-order valence-electron chi connectivity index (χ4n) is 1.99. The van der Waals surface area contributed by atoms with Crippen LogP contribution in [0.2, 0.25) is 0 Å². The van der Waals surface area contributed by atoms with E-state index in [1.165, 1.54) is 0 Å². The summed E-state index contributed by atoms with van der Waals surface area (Å²) in [6.45, 7) is 1.75. The van der Waals surface area contributed by atoms with Crippen LogP contribution in [0.5, 0.6) is 11.5 Å². The molecule has 136 valence electrons. The number of hydrogen-bond donors (Lipinski definition) is 4. The van der Waals surface area contributed by atoms with Gasteiger partial charge in [-0.15, -0.1) is 10.2 Å². The van der Waals surface area contributed by atoms with E-state index in [-0.39, 0.29) is 17.4 Å². The molecule has 0 amide bonds. The topological polar surface area (TPSA) is 128 Å². The number of rotatable bonds is 6. The maximum atomic E-state index is 9.27. The third-order valence-electron chi connectivity index (χ3n) is 3.40. The monoisotopic (exact) mass is 363 g/mol. The van der Waals surface area contributed by atoms with Gasteiger partial charge in [0.2, 0.25) is 0 Å². The smallest absolute Gasteiger partial charge is 0.265 e. The second-order valence-corrected chi connectivity index (χ2v) is 5.49. The zero-order valence-corrected chi connectivity index (χ0v) is 14.4. The van der Waals surface area contributed by atoms with Crippen LogP contribution in [-0.2, 0) is 0 Å². The molecule has 27 heavy (non-hydrogen) atoms. The second kappa shape index (κ2) is 8.39. The first-order valence-electron chi connectivity index (χ1n) is 7.98. The summed E-state index contributed by atoms with van der Waals surface area (Å²) in [7, 11) is 0. The molecule has 4 N–H and O–H groups in total. The van der Waals surface area contributed by atoms with E-state index in [0.29, 0.717) is 11.5 Å². The maximum Gasteiger partial charge on any atom is 0.265 e. The number of aromatic hydroxyl groups is 2. The van der Waals surface area contributed by atoms with Crippen LogP contribution in [0.3, 0.4) is 0 Å². The summed E-state index contributed by atoms with van der Waals surface area (Å²) >= 11 is 0. The van der Waals surface area contributed by atoms with Gasteiger partial charge in [-0.2, -0.15) is 15.2 Å². The number of phenolic OH excluding ortho intramolecular Hbond substituents is 2. The quantitative estimate of drug-likeness (QED) is 0.391. The zero-order chi connectivity index (χ0) is 19.1. The summed E-state index contributed by atoms with van der Waals surface area (Å²) in [5.74, 6) is 1.02. The van der Waals surface area contributed by atoms with E-state index in [1.54, 1.807) is 67.9 Å².